The molecule has 9 heteroatoms. The van der Waals surface area contributed by atoms with E-state index in [1.807, 2.05) is 19.4 Å². The van der Waals surface area contributed by atoms with Crippen LogP contribution in [0.4, 0.5) is 4.39 Å². The van der Waals surface area contributed by atoms with Gasteiger partial charge >= 0.3 is 0 Å². The topological polar surface area (TPSA) is 85.0 Å². The second-order valence-electron chi connectivity index (χ2n) is 7.01. The summed E-state index contributed by atoms with van der Waals surface area (Å²) in [5.74, 6) is 0.186. The first-order valence-electron chi connectivity index (χ1n) is 9.27. The molecule has 4 rings (SSSR count). The molecule has 1 aliphatic rings. The van der Waals surface area contributed by atoms with Gasteiger partial charge in [0.2, 0.25) is 11.8 Å². The van der Waals surface area contributed by atoms with E-state index in [4.69, 9.17) is 4.42 Å². The molecule has 1 saturated heterocycles. The van der Waals surface area contributed by atoms with Crippen LogP contribution in [0.1, 0.15) is 17.2 Å². The number of carbonyl (C=O) groups is 1. The molecule has 2 atom stereocenters. The highest BCUT2D eigenvalue weighted by atomic mass is 35.5. The predicted molar refractivity (Wildman–Crippen MR) is 108 cm³/mol. The number of benzene rings is 1. The van der Waals surface area contributed by atoms with Crippen molar-refractivity contribution in [2.24, 2.45) is 13.0 Å². The van der Waals surface area contributed by atoms with Crippen LogP contribution in [0.25, 0.3) is 11.5 Å². The molecule has 29 heavy (non-hydrogen) atoms. The Hall–Kier alpha value is -2.71. The summed E-state index contributed by atoms with van der Waals surface area (Å²) < 4.78 is 20.2. The summed E-state index contributed by atoms with van der Waals surface area (Å²) in [7, 11) is 1.87. The van der Waals surface area contributed by atoms with Crippen molar-refractivity contribution in [2.45, 2.75) is 12.3 Å². The van der Waals surface area contributed by atoms with Gasteiger partial charge in [0.05, 0.1) is 17.8 Å². The van der Waals surface area contributed by atoms with Crippen molar-refractivity contribution in [3.8, 4) is 11.5 Å². The number of rotatable bonds is 6. The lowest BCUT2D eigenvalue weighted by Crippen LogP contribution is -2.35. The molecular formula is C20H23ClFN5O2. The highest BCUT2D eigenvalue weighted by Crippen LogP contribution is 2.27. The maximum atomic E-state index is 13.0. The number of carbonyl (C=O) groups excluding carboxylic acids is 1. The molecule has 3 heterocycles. The van der Waals surface area contributed by atoms with E-state index in [9.17, 15) is 9.18 Å². The number of halogens is 2. The quantitative estimate of drug-likeness (QED) is 0.640. The lowest BCUT2D eigenvalue weighted by Gasteiger charge is -2.16. The second kappa shape index (κ2) is 9.19. The third kappa shape index (κ3) is 4.83. The minimum Gasteiger partial charge on any atom is -0.444 e. The number of nitrogens with one attached hydrogen (secondary N) is 2. The fourth-order valence-electron chi connectivity index (χ4n) is 3.53. The number of hydrogen-bond donors (Lipinski definition) is 2. The Morgan fingerprint density at radius 1 is 1.34 bits per heavy atom. The molecule has 0 spiro atoms. The zero-order valence-electron chi connectivity index (χ0n) is 16.0. The number of oxazole rings is 1. The molecule has 0 aliphatic carbocycles. The van der Waals surface area contributed by atoms with Gasteiger partial charge in [-0.1, -0.05) is 0 Å². The Bertz CT molecular complexity index is 956. The molecule has 7 nitrogen and oxygen atoms in total. The third-order valence-corrected chi connectivity index (χ3v) is 5.03. The molecule has 3 aromatic rings. The molecule has 1 fully saturated rings. The molecule has 0 bridgehead atoms. The maximum Gasteiger partial charge on any atom is 0.226 e. The maximum absolute atomic E-state index is 13.0. The van der Waals surface area contributed by atoms with Gasteiger partial charge in [-0.3, -0.25) is 9.48 Å². The van der Waals surface area contributed by atoms with Crippen molar-refractivity contribution < 1.29 is 13.6 Å². The summed E-state index contributed by atoms with van der Waals surface area (Å²) >= 11 is 0. The highest BCUT2D eigenvalue weighted by molar-refractivity contribution is 5.85. The zero-order chi connectivity index (χ0) is 19.5. The smallest absolute Gasteiger partial charge is 0.226 e. The van der Waals surface area contributed by atoms with Crippen molar-refractivity contribution in [3.05, 3.63) is 60.0 Å². The summed E-state index contributed by atoms with van der Waals surface area (Å²) in [5.41, 5.74) is 2.54. The molecule has 0 saturated carbocycles. The van der Waals surface area contributed by atoms with Crippen LogP contribution < -0.4 is 10.6 Å². The van der Waals surface area contributed by atoms with Crippen LogP contribution in [0.15, 0.2) is 47.3 Å². The van der Waals surface area contributed by atoms with Crippen LogP contribution in [0.3, 0.4) is 0 Å². The normalized spacial score (nSPS) is 18.4. The van der Waals surface area contributed by atoms with Gasteiger partial charge in [-0.2, -0.15) is 5.10 Å². The summed E-state index contributed by atoms with van der Waals surface area (Å²) in [4.78, 5) is 17.0. The molecule has 0 unspecified atom stereocenters. The number of amides is 1. The molecule has 2 aromatic heterocycles. The summed E-state index contributed by atoms with van der Waals surface area (Å²) in [5, 5.41) is 10.5. The highest BCUT2D eigenvalue weighted by Gasteiger charge is 2.34. The standard InChI is InChI=1S/C20H22FN5O2.ClH/c1-26-11-14(8-24-26)17-9-22-10-18(17)19(27)23-7-6-16-12-28-20(25-16)13-2-4-15(21)5-3-13;/h2-5,8,11-12,17-18,22H,6-7,9-10H2,1H3,(H,23,27);1H/t17-,18+;/m1./s1. The number of hydrogen-bond acceptors (Lipinski definition) is 5. The first-order valence-corrected chi connectivity index (χ1v) is 9.27. The van der Waals surface area contributed by atoms with E-state index in [0.29, 0.717) is 31.0 Å². The predicted octanol–water partition coefficient (Wildman–Crippen LogP) is 2.30. The van der Waals surface area contributed by atoms with E-state index in [1.165, 1.54) is 12.1 Å². The van der Waals surface area contributed by atoms with Gasteiger partial charge < -0.3 is 15.1 Å². The van der Waals surface area contributed by atoms with Crippen molar-refractivity contribution in [1.29, 1.82) is 0 Å². The Morgan fingerprint density at radius 2 is 2.14 bits per heavy atom. The molecule has 0 radical (unpaired) electrons. The van der Waals surface area contributed by atoms with E-state index >= 15 is 0 Å². The third-order valence-electron chi connectivity index (χ3n) is 5.03. The van der Waals surface area contributed by atoms with Gasteiger partial charge in [-0.05, 0) is 29.8 Å². The SMILES string of the molecule is Cl.Cn1cc([C@H]2CNC[C@@H]2C(=O)NCCc2coc(-c3ccc(F)cc3)n2)cn1. The van der Waals surface area contributed by atoms with Gasteiger partial charge in [0.25, 0.3) is 0 Å². The van der Waals surface area contributed by atoms with Gasteiger partial charge in [0.1, 0.15) is 12.1 Å². The molecule has 1 aromatic carbocycles. The monoisotopic (exact) mass is 419 g/mol. The first-order chi connectivity index (χ1) is 13.6. The van der Waals surface area contributed by atoms with E-state index in [2.05, 4.69) is 20.7 Å². The van der Waals surface area contributed by atoms with Crippen molar-refractivity contribution >= 4 is 18.3 Å². The van der Waals surface area contributed by atoms with Crippen LogP contribution in [-0.4, -0.2) is 40.3 Å². The van der Waals surface area contributed by atoms with E-state index in [0.717, 1.165) is 17.8 Å². The van der Waals surface area contributed by atoms with E-state index in [-0.39, 0.29) is 36.0 Å². The number of aromatic nitrogens is 3. The molecule has 1 amide bonds. The molecular weight excluding hydrogens is 397 g/mol. The van der Waals surface area contributed by atoms with Crippen LogP contribution in [0, 0.1) is 11.7 Å². The Balaban J connectivity index is 0.00000240. The van der Waals surface area contributed by atoms with Gasteiger partial charge in [-0.25, -0.2) is 9.37 Å². The van der Waals surface area contributed by atoms with Crippen LogP contribution in [-0.2, 0) is 18.3 Å². The van der Waals surface area contributed by atoms with Gasteiger partial charge in [0.15, 0.2) is 0 Å². The molecule has 1 aliphatic heterocycles. The van der Waals surface area contributed by atoms with Crippen molar-refractivity contribution in [3.63, 3.8) is 0 Å². The van der Waals surface area contributed by atoms with E-state index in [1.54, 1.807) is 23.1 Å². The largest absolute Gasteiger partial charge is 0.444 e. The minimum atomic E-state index is -0.302. The summed E-state index contributed by atoms with van der Waals surface area (Å²) in [6, 6.07) is 5.98. The van der Waals surface area contributed by atoms with Crippen molar-refractivity contribution in [2.75, 3.05) is 19.6 Å². The zero-order valence-corrected chi connectivity index (χ0v) is 16.8. The fourth-order valence-corrected chi connectivity index (χ4v) is 3.53. The van der Waals surface area contributed by atoms with Gasteiger partial charge in [0, 0.05) is 50.8 Å². The Labute approximate surface area is 174 Å². The summed E-state index contributed by atoms with van der Waals surface area (Å²) in [6.45, 7) is 1.91. The van der Waals surface area contributed by atoms with Crippen LogP contribution in [0.5, 0.6) is 0 Å². The lowest BCUT2D eigenvalue weighted by atomic mass is 9.90. The average molecular weight is 420 g/mol. The number of aryl methyl sites for hydroxylation is 1. The average Bonchev–Trinajstić information content (AvgIpc) is 3.42. The Kier molecular flexibility index (Phi) is 6.66. The number of nitrogens with zero attached hydrogens (tertiary/aromatic N) is 3. The van der Waals surface area contributed by atoms with Crippen molar-refractivity contribution in [1.82, 2.24) is 25.4 Å². The fraction of sp³-hybridized carbons (Fsp3) is 0.350. The second-order valence-corrected chi connectivity index (χ2v) is 7.01. The Morgan fingerprint density at radius 3 is 2.86 bits per heavy atom. The summed E-state index contributed by atoms with van der Waals surface area (Å²) in [6.07, 6.45) is 5.92. The van der Waals surface area contributed by atoms with Crippen LogP contribution >= 0.6 is 12.4 Å². The van der Waals surface area contributed by atoms with Gasteiger partial charge in [-0.15, -0.1) is 12.4 Å². The van der Waals surface area contributed by atoms with E-state index < -0.39 is 0 Å². The molecule has 2 N–H and O–H groups in total. The minimum absolute atomic E-state index is 0. The molecule has 154 valence electrons. The van der Waals surface area contributed by atoms with Crippen LogP contribution in [0.2, 0.25) is 0 Å². The lowest BCUT2D eigenvalue weighted by molar-refractivity contribution is -0.124. The first kappa shape index (κ1) is 21.0.